The summed E-state index contributed by atoms with van der Waals surface area (Å²) < 4.78 is 5.15. The van der Waals surface area contributed by atoms with E-state index in [1.165, 1.54) is 16.2 Å². The zero-order valence-corrected chi connectivity index (χ0v) is 18.9. The summed E-state index contributed by atoms with van der Waals surface area (Å²) in [5.41, 5.74) is 1.25. The van der Waals surface area contributed by atoms with Crippen molar-refractivity contribution in [2.24, 2.45) is 0 Å². The molecule has 0 saturated carbocycles. The van der Waals surface area contributed by atoms with E-state index < -0.39 is 11.9 Å². The second-order valence-corrected chi connectivity index (χ2v) is 8.86. The van der Waals surface area contributed by atoms with Crippen LogP contribution in [0.15, 0.2) is 66.0 Å². The van der Waals surface area contributed by atoms with Crippen molar-refractivity contribution in [2.75, 3.05) is 12.0 Å². The fourth-order valence-electron chi connectivity index (χ4n) is 3.68. The summed E-state index contributed by atoms with van der Waals surface area (Å²) in [5.74, 6) is -0.327. The van der Waals surface area contributed by atoms with Crippen molar-refractivity contribution in [1.82, 2.24) is 4.90 Å². The number of methoxy groups -OCH3 is 1. The van der Waals surface area contributed by atoms with E-state index in [4.69, 9.17) is 16.3 Å². The van der Waals surface area contributed by atoms with Gasteiger partial charge in [0.15, 0.2) is 0 Å². The van der Waals surface area contributed by atoms with Crippen LogP contribution in [0.5, 0.6) is 5.75 Å². The lowest BCUT2D eigenvalue weighted by Crippen LogP contribution is -2.45. The number of thiophene rings is 1. The number of benzene rings is 2. The number of halogens is 1. The molecule has 1 aliphatic heterocycles. The van der Waals surface area contributed by atoms with Crippen LogP contribution in [0.1, 0.15) is 16.9 Å². The molecule has 32 heavy (non-hydrogen) atoms. The first-order valence-electron chi connectivity index (χ1n) is 10.0. The van der Waals surface area contributed by atoms with E-state index in [-0.39, 0.29) is 31.2 Å². The lowest BCUT2D eigenvalue weighted by atomic mass is 10.1. The first-order chi connectivity index (χ1) is 15.5. The predicted octanol–water partition coefficient (Wildman–Crippen LogP) is 4.31. The van der Waals surface area contributed by atoms with Gasteiger partial charge < -0.3 is 9.64 Å². The molecule has 1 fully saturated rings. The Balaban J connectivity index is 1.59. The van der Waals surface area contributed by atoms with Crippen LogP contribution in [0.3, 0.4) is 0 Å². The molecular formula is C24H21ClN2O4S. The van der Waals surface area contributed by atoms with E-state index in [2.05, 4.69) is 0 Å². The van der Waals surface area contributed by atoms with Crippen molar-refractivity contribution < 1.29 is 19.1 Å². The van der Waals surface area contributed by atoms with Crippen LogP contribution in [-0.2, 0) is 27.3 Å². The van der Waals surface area contributed by atoms with Crippen LogP contribution >= 0.6 is 22.9 Å². The molecule has 2 heterocycles. The smallest absolute Gasteiger partial charge is 0.257 e. The van der Waals surface area contributed by atoms with Crippen LogP contribution in [0.25, 0.3) is 0 Å². The minimum absolute atomic E-state index is 0.0530. The van der Waals surface area contributed by atoms with Crippen molar-refractivity contribution in [3.8, 4) is 5.75 Å². The summed E-state index contributed by atoms with van der Waals surface area (Å²) in [5, 5.41) is 2.51. The highest BCUT2D eigenvalue weighted by molar-refractivity contribution is 7.09. The minimum atomic E-state index is -0.855. The Morgan fingerprint density at radius 2 is 1.84 bits per heavy atom. The molecule has 3 aromatic rings. The maximum Gasteiger partial charge on any atom is 0.257 e. The number of ether oxygens (including phenoxy) is 1. The highest BCUT2D eigenvalue weighted by atomic mass is 35.5. The molecule has 1 aromatic heterocycles. The summed E-state index contributed by atoms with van der Waals surface area (Å²) in [7, 11) is 1.55. The van der Waals surface area contributed by atoms with Crippen molar-refractivity contribution in [3.63, 3.8) is 0 Å². The average molecular weight is 469 g/mol. The molecule has 1 aliphatic rings. The van der Waals surface area contributed by atoms with Crippen molar-refractivity contribution in [3.05, 3.63) is 81.5 Å². The predicted molar refractivity (Wildman–Crippen MR) is 124 cm³/mol. The summed E-state index contributed by atoms with van der Waals surface area (Å²) in [6.45, 7) is 0.268. The molecule has 0 spiro atoms. The third-order valence-corrected chi connectivity index (χ3v) is 6.44. The summed E-state index contributed by atoms with van der Waals surface area (Å²) in [6, 6.07) is 16.7. The Labute approximate surface area is 195 Å². The quantitative estimate of drug-likeness (QED) is 0.484. The molecule has 0 N–H and O–H groups in total. The summed E-state index contributed by atoms with van der Waals surface area (Å²) in [4.78, 5) is 43.0. The van der Waals surface area contributed by atoms with Crippen molar-refractivity contribution in [1.29, 1.82) is 0 Å². The third-order valence-electron chi connectivity index (χ3n) is 5.32. The maximum atomic E-state index is 13.3. The van der Waals surface area contributed by atoms with Gasteiger partial charge in [0, 0.05) is 9.90 Å². The van der Waals surface area contributed by atoms with Gasteiger partial charge in [-0.25, -0.2) is 4.90 Å². The molecule has 3 amide bonds. The number of anilines is 1. The van der Waals surface area contributed by atoms with Gasteiger partial charge in [0.1, 0.15) is 11.8 Å². The van der Waals surface area contributed by atoms with Crippen molar-refractivity contribution in [2.45, 2.75) is 25.4 Å². The standard InChI is InChI=1S/C24H21ClN2O4S/c1-31-19-10-8-18(9-11-19)27-23(29)14-21(24(27)30)26(15-20-3-2-12-32-20)22(28)13-16-4-6-17(25)7-5-16/h2-12,21H,13-15H2,1H3. The molecule has 4 rings (SSSR count). The molecule has 1 atom stereocenters. The normalized spacial score (nSPS) is 15.8. The minimum Gasteiger partial charge on any atom is -0.497 e. The fourth-order valence-corrected chi connectivity index (χ4v) is 4.51. The molecule has 0 aliphatic carbocycles. The first-order valence-corrected chi connectivity index (χ1v) is 11.3. The van der Waals surface area contributed by atoms with Crippen LogP contribution < -0.4 is 9.64 Å². The number of hydrogen-bond acceptors (Lipinski definition) is 5. The van der Waals surface area contributed by atoms with Gasteiger partial charge in [-0.05, 0) is 53.4 Å². The van der Waals surface area contributed by atoms with Crippen LogP contribution in [0.2, 0.25) is 5.02 Å². The third kappa shape index (κ3) is 4.69. The van der Waals surface area contributed by atoms with E-state index >= 15 is 0 Å². The lowest BCUT2D eigenvalue weighted by molar-refractivity contribution is -0.138. The molecule has 164 valence electrons. The van der Waals surface area contributed by atoms with Gasteiger partial charge in [-0.3, -0.25) is 14.4 Å². The van der Waals surface area contributed by atoms with Gasteiger partial charge in [0.05, 0.1) is 32.2 Å². The van der Waals surface area contributed by atoms with Crippen LogP contribution in [-0.4, -0.2) is 35.8 Å². The number of hydrogen-bond donors (Lipinski definition) is 0. The number of imide groups is 1. The highest BCUT2D eigenvalue weighted by Crippen LogP contribution is 2.29. The van der Waals surface area contributed by atoms with E-state index in [0.717, 1.165) is 15.3 Å². The second-order valence-electron chi connectivity index (χ2n) is 7.39. The van der Waals surface area contributed by atoms with Gasteiger partial charge in [-0.15, -0.1) is 11.3 Å². The summed E-state index contributed by atoms with van der Waals surface area (Å²) in [6.07, 6.45) is 0.0612. The SMILES string of the molecule is COc1ccc(N2C(=O)CC(N(Cc3cccs3)C(=O)Cc3ccc(Cl)cc3)C2=O)cc1. The molecule has 1 unspecified atom stereocenters. The number of carbonyl (C=O) groups is 3. The molecule has 0 bridgehead atoms. The molecule has 6 nitrogen and oxygen atoms in total. The maximum absolute atomic E-state index is 13.3. The lowest BCUT2D eigenvalue weighted by Gasteiger charge is -2.27. The molecule has 8 heteroatoms. The Morgan fingerprint density at radius 1 is 1.12 bits per heavy atom. The topological polar surface area (TPSA) is 66.9 Å². The zero-order valence-electron chi connectivity index (χ0n) is 17.4. The molecular weight excluding hydrogens is 448 g/mol. The molecule has 1 saturated heterocycles. The summed E-state index contributed by atoms with van der Waals surface area (Å²) >= 11 is 7.45. The van der Waals surface area contributed by atoms with Crippen LogP contribution in [0, 0.1) is 0 Å². The van der Waals surface area contributed by atoms with Gasteiger partial charge in [-0.1, -0.05) is 29.8 Å². The van der Waals surface area contributed by atoms with Crippen molar-refractivity contribution >= 4 is 46.3 Å². The van der Waals surface area contributed by atoms with Gasteiger partial charge in [0.25, 0.3) is 5.91 Å². The molecule has 0 radical (unpaired) electrons. The number of amides is 3. The van der Waals surface area contributed by atoms with Gasteiger partial charge >= 0.3 is 0 Å². The second kappa shape index (κ2) is 9.54. The number of rotatable bonds is 7. The van der Waals surface area contributed by atoms with E-state index in [9.17, 15) is 14.4 Å². The molecule has 2 aromatic carbocycles. The number of nitrogens with zero attached hydrogens (tertiary/aromatic N) is 2. The van der Waals surface area contributed by atoms with E-state index in [1.54, 1.807) is 55.6 Å². The number of carbonyl (C=O) groups excluding carboxylic acids is 3. The largest absolute Gasteiger partial charge is 0.497 e. The monoisotopic (exact) mass is 468 g/mol. The van der Waals surface area contributed by atoms with E-state index in [0.29, 0.717) is 16.5 Å². The zero-order chi connectivity index (χ0) is 22.7. The Hall–Kier alpha value is -3.16. The first kappa shape index (κ1) is 22.0. The Kier molecular flexibility index (Phi) is 6.58. The van der Waals surface area contributed by atoms with E-state index in [1.807, 2.05) is 17.5 Å². The average Bonchev–Trinajstić information content (AvgIpc) is 3.41. The fraction of sp³-hybridized carbons (Fsp3) is 0.208. The van der Waals surface area contributed by atoms with Crippen LogP contribution in [0.4, 0.5) is 5.69 Å². The highest BCUT2D eigenvalue weighted by Gasteiger charge is 2.44. The Bertz CT molecular complexity index is 1110. The van der Waals surface area contributed by atoms with Gasteiger partial charge in [0.2, 0.25) is 11.8 Å². The van der Waals surface area contributed by atoms with Gasteiger partial charge in [-0.2, -0.15) is 0 Å². The Morgan fingerprint density at radius 3 is 2.47 bits per heavy atom.